The molecule has 0 aliphatic rings. The molecular formula is C26H22N2O3. The summed E-state index contributed by atoms with van der Waals surface area (Å²) < 4.78 is 11.2. The van der Waals surface area contributed by atoms with Gasteiger partial charge >= 0.3 is 0 Å². The third-order valence-corrected chi connectivity index (χ3v) is 4.26. The van der Waals surface area contributed by atoms with Gasteiger partial charge in [-0.3, -0.25) is 4.79 Å². The van der Waals surface area contributed by atoms with E-state index in [4.69, 9.17) is 9.47 Å². The average Bonchev–Trinajstić information content (AvgIpc) is 2.81. The molecule has 5 heteroatoms. The van der Waals surface area contributed by atoms with Gasteiger partial charge < -0.3 is 14.8 Å². The zero-order chi connectivity index (χ0) is 21.9. The van der Waals surface area contributed by atoms with E-state index in [0.717, 1.165) is 5.56 Å². The zero-order valence-corrected chi connectivity index (χ0v) is 17.0. The van der Waals surface area contributed by atoms with Crippen molar-refractivity contribution in [2.45, 2.75) is 6.61 Å². The summed E-state index contributed by atoms with van der Waals surface area (Å²) in [6.07, 6.45) is 3.17. The minimum absolute atomic E-state index is 0.00900. The fourth-order valence-electron chi connectivity index (χ4n) is 2.74. The number of nitrogens with one attached hydrogen (secondary N) is 1. The number of rotatable bonds is 9. The quantitative estimate of drug-likeness (QED) is 0.292. The van der Waals surface area contributed by atoms with Crippen molar-refractivity contribution >= 4 is 17.7 Å². The highest BCUT2D eigenvalue weighted by Crippen LogP contribution is 2.19. The van der Waals surface area contributed by atoms with Crippen molar-refractivity contribution in [1.29, 1.82) is 5.26 Å². The van der Waals surface area contributed by atoms with Crippen LogP contribution in [0.15, 0.2) is 97.1 Å². The van der Waals surface area contributed by atoms with Gasteiger partial charge in [0.1, 0.15) is 36.4 Å². The van der Waals surface area contributed by atoms with Gasteiger partial charge in [-0.25, -0.2) is 0 Å². The number of benzene rings is 3. The molecule has 0 spiro atoms. The Labute approximate surface area is 181 Å². The fourth-order valence-corrected chi connectivity index (χ4v) is 2.74. The van der Waals surface area contributed by atoms with Crippen LogP contribution < -0.4 is 14.8 Å². The van der Waals surface area contributed by atoms with Crippen LogP contribution in [0.4, 0.5) is 5.69 Å². The van der Waals surface area contributed by atoms with E-state index in [1.807, 2.05) is 36.4 Å². The average molecular weight is 410 g/mol. The second kappa shape index (κ2) is 11.0. The minimum atomic E-state index is -0.488. The first-order chi connectivity index (χ1) is 15.2. The molecule has 154 valence electrons. The maximum Gasteiger partial charge on any atom is 0.266 e. The molecule has 0 aromatic heterocycles. The van der Waals surface area contributed by atoms with Gasteiger partial charge in [-0.1, -0.05) is 55.1 Å². The lowest BCUT2D eigenvalue weighted by Crippen LogP contribution is -2.13. The van der Waals surface area contributed by atoms with Crippen molar-refractivity contribution in [3.8, 4) is 17.6 Å². The van der Waals surface area contributed by atoms with E-state index in [9.17, 15) is 10.1 Å². The predicted molar refractivity (Wildman–Crippen MR) is 122 cm³/mol. The van der Waals surface area contributed by atoms with E-state index in [0.29, 0.717) is 36.0 Å². The molecule has 3 aromatic rings. The van der Waals surface area contributed by atoms with Crippen LogP contribution in [0.5, 0.6) is 11.5 Å². The normalized spacial score (nSPS) is 10.6. The molecule has 0 aliphatic heterocycles. The van der Waals surface area contributed by atoms with Crippen molar-refractivity contribution in [2.75, 3.05) is 11.9 Å². The van der Waals surface area contributed by atoms with Crippen LogP contribution in [0.3, 0.4) is 0 Å². The molecule has 3 aromatic carbocycles. The van der Waals surface area contributed by atoms with Crippen molar-refractivity contribution < 1.29 is 14.3 Å². The van der Waals surface area contributed by atoms with Gasteiger partial charge in [0.15, 0.2) is 0 Å². The van der Waals surface area contributed by atoms with Crippen LogP contribution in [0.25, 0.3) is 6.08 Å². The Morgan fingerprint density at radius 3 is 2.45 bits per heavy atom. The van der Waals surface area contributed by atoms with Crippen molar-refractivity contribution in [3.05, 3.63) is 108 Å². The van der Waals surface area contributed by atoms with Gasteiger partial charge in [0.2, 0.25) is 0 Å². The summed E-state index contributed by atoms with van der Waals surface area (Å²) in [5.41, 5.74) is 2.33. The first kappa shape index (κ1) is 21.4. The summed E-state index contributed by atoms with van der Waals surface area (Å²) >= 11 is 0. The van der Waals surface area contributed by atoms with Crippen molar-refractivity contribution in [3.63, 3.8) is 0 Å². The molecule has 0 radical (unpaired) electrons. The molecule has 0 aliphatic carbocycles. The first-order valence-corrected chi connectivity index (χ1v) is 9.71. The van der Waals surface area contributed by atoms with Gasteiger partial charge in [0, 0.05) is 5.69 Å². The van der Waals surface area contributed by atoms with Gasteiger partial charge in [0.05, 0.1) is 0 Å². The number of ether oxygens (including phenoxy) is 2. The number of amides is 1. The number of carbonyl (C=O) groups is 1. The van der Waals surface area contributed by atoms with Crippen molar-refractivity contribution in [2.24, 2.45) is 0 Å². The number of nitriles is 1. The Bertz CT molecular complexity index is 1100. The Balaban J connectivity index is 1.62. The molecule has 1 N–H and O–H groups in total. The van der Waals surface area contributed by atoms with Crippen LogP contribution in [-0.4, -0.2) is 12.5 Å². The highest BCUT2D eigenvalue weighted by Gasteiger charge is 2.10. The van der Waals surface area contributed by atoms with E-state index >= 15 is 0 Å². The number of nitrogens with zero attached hydrogens (tertiary/aromatic N) is 1. The Kier molecular flexibility index (Phi) is 7.62. The molecule has 0 bridgehead atoms. The smallest absolute Gasteiger partial charge is 0.266 e. The van der Waals surface area contributed by atoms with Crippen LogP contribution in [0.2, 0.25) is 0 Å². The molecule has 0 atom stereocenters. The summed E-state index contributed by atoms with van der Waals surface area (Å²) in [5, 5.41) is 12.2. The lowest BCUT2D eigenvalue weighted by Gasteiger charge is -2.08. The topological polar surface area (TPSA) is 71.3 Å². The van der Waals surface area contributed by atoms with Gasteiger partial charge in [0.25, 0.3) is 5.91 Å². The third kappa shape index (κ3) is 6.62. The molecule has 0 saturated carbocycles. The highest BCUT2D eigenvalue weighted by atomic mass is 16.5. The third-order valence-electron chi connectivity index (χ3n) is 4.26. The number of hydrogen-bond acceptors (Lipinski definition) is 4. The molecule has 0 saturated heterocycles. The fraction of sp³-hybridized carbons (Fsp3) is 0.0769. The Morgan fingerprint density at radius 1 is 0.968 bits per heavy atom. The monoisotopic (exact) mass is 410 g/mol. The SMILES string of the molecule is C=CCOc1cccc(/C=C(/C#N)C(=O)Nc2ccc(OCc3ccccc3)cc2)c1. The van der Waals surface area contributed by atoms with Crippen LogP contribution in [-0.2, 0) is 11.4 Å². The maximum absolute atomic E-state index is 12.5. The van der Waals surface area contributed by atoms with Crippen LogP contribution in [0, 0.1) is 11.3 Å². The van der Waals surface area contributed by atoms with Crippen LogP contribution in [0.1, 0.15) is 11.1 Å². The van der Waals surface area contributed by atoms with Gasteiger partial charge in [-0.05, 0) is 53.6 Å². The molecule has 1 amide bonds. The zero-order valence-electron chi connectivity index (χ0n) is 17.0. The summed E-state index contributed by atoms with van der Waals surface area (Å²) in [5.74, 6) is 0.838. The minimum Gasteiger partial charge on any atom is -0.490 e. The summed E-state index contributed by atoms with van der Waals surface area (Å²) in [6, 6.07) is 26.0. The van der Waals surface area contributed by atoms with E-state index < -0.39 is 5.91 Å². The first-order valence-electron chi connectivity index (χ1n) is 9.71. The van der Waals surface area contributed by atoms with Gasteiger partial charge in [-0.15, -0.1) is 0 Å². The molecule has 0 fully saturated rings. The summed E-state index contributed by atoms with van der Waals surface area (Å²) in [7, 11) is 0. The summed E-state index contributed by atoms with van der Waals surface area (Å²) in [6.45, 7) is 4.45. The van der Waals surface area contributed by atoms with Gasteiger partial charge in [-0.2, -0.15) is 5.26 Å². The number of hydrogen-bond donors (Lipinski definition) is 1. The molecule has 5 nitrogen and oxygen atoms in total. The van der Waals surface area contributed by atoms with E-state index in [1.165, 1.54) is 6.08 Å². The molecule has 31 heavy (non-hydrogen) atoms. The molecular weight excluding hydrogens is 388 g/mol. The second-order valence-electron chi connectivity index (χ2n) is 6.59. The molecule has 0 heterocycles. The molecule has 0 unspecified atom stereocenters. The van der Waals surface area contributed by atoms with E-state index in [1.54, 1.807) is 54.6 Å². The highest BCUT2D eigenvalue weighted by molar-refractivity contribution is 6.09. The van der Waals surface area contributed by atoms with Crippen molar-refractivity contribution in [1.82, 2.24) is 0 Å². The lowest BCUT2D eigenvalue weighted by atomic mass is 10.1. The largest absolute Gasteiger partial charge is 0.490 e. The number of anilines is 1. The Morgan fingerprint density at radius 2 is 1.74 bits per heavy atom. The summed E-state index contributed by atoms with van der Waals surface area (Å²) in [4.78, 5) is 12.5. The van der Waals surface area contributed by atoms with E-state index in [-0.39, 0.29) is 5.57 Å². The Hall–Kier alpha value is -4.30. The molecule has 3 rings (SSSR count). The predicted octanol–water partition coefficient (Wildman–Crippen LogP) is 5.38. The lowest BCUT2D eigenvalue weighted by molar-refractivity contribution is -0.112. The van der Waals surface area contributed by atoms with Crippen LogP contribution >= 0.6 is 0 Å². The maximum atomic E-state index is 12.5. The second-order valence-corrected chi connectivity index (χ2v) is 6.59. The standard InChI is InChI=1S/C26H22N2O3/c1-2-15-30-25-10-6-9-21(17-25)16-22(18-27)26(29)28-23-11-13-24(14-12-23)31-19-20-7-4-3-5-8-20/h2-14,16-17H,1,15,19H2,(H,28,29)/b22-16-. The van der Waals surface area contributed by atoms with E-state index in [2.05, 4.69) is 11.9 Å². The number of carbonyl (C=O) groups excluding carboxylic acids is 1.